The van der Waals surface area contributed by atoms with Gasteiger partial charge in [0.1, 0.15) is 11.6 Å². The number of hydrogen-bond acceptors (Lipinski definition) is 3. The Kier molecular flexibility index (Phi) is 3.02. The fourth-order valence-electron chi connectivity index (χ4n) is 1.27. The summed E-state index contributed by atoms with van der Waals surface area (Å²) in [5, 5.41) is 2.01. The monoisotopic (exact) mass is 284 g/mol. The van der Waals surface area contributed by atoms with E-state index in [1.807, 2.05) is 11.4 Å². The molecular weight excluding hydrogens is 276 g/mol. The summed E-state index contributed by atoms with van der Waals surface area (Å²) in [6.07, 6.45) is 2.13. The van der Waals surface area contributed by atoms with E-state index < -0.39 is 0 Å². The third-order valence-electron chi connectivity index (χ3n) is 1.88. The molecule has 0 saturated heterocycles. The van der Waals surface area contributed by atoms with Gasteiger partial charge >= 0.3 is 0 Å². The van der Waals surface area contributed by atoms with Crippen molar-refractivity contribution in [2.45, 2.75) is 13.3 Å². The van der Waals surface area contributed by atoms with Gasteiger partial charge in [-0.3, -0.25) is 4.79 Å². The van der Waals surface area contributed by atoms with E-state index >= 15 is 0 Å². The fourth-order valence-corrected chi connectivity index (χ4v) is 2.66. The molecule has 0 amide bonds. The van der Waals surface area contributed by atoms with Gasteiger partial charge in [-0.1, -0.05) is 0 Å². The Hall–Kier alpha value is -0.940. The van der Waals surface area contributed by atoms with Crippen LogP contribution in [0.4, 0.5) is 0 Å². The molecule has 0 unspecified atom stereocenters. The molecule has 2 aromatic heterocycles. The lowest BCUT2D eigenvalue weighted by Crippen LogP contribution is -1.97. The molecule has 0 spiro atoms. The van der Waals surface area contributed by atoms with Gasteiger partial charge in [-0.25, -0.2) is 4.98 Å². The quantitative estimate of drug-likeness (QED) is 0.942. The molecule has 2 aromatic rings. The van der Waals surface area contributed by atoms with Crippen molar-refractivity contribution in [1.82, 2.24) is 9.97 Å². The summed E-state index contributed by atoms with van der Waals surface area (Å²) in [6, 6.07) is 2.02. The first-order valence-corrected chi connectivity index (χ1v) is 6.10. The van der Waals surface area contributed by atoms with Crippen LogP contribution in [0.3, 0.4) is 0 Å². The summed E-state index contributed by atoms with van der Waals surface area (Å²) in [5.41, 5.74) is 0.960. The molecule has 15 heavy (non-hydrogen) atoms. The Morgan fingerprint density at radius 1 is 1.67 bits per heavy atom. The maximum Gasteiger partial charge on any atom is 0.137 e. The Morgan fingerprint density at radius 3 is 3.07 bits per heavy atom. The van der Waals surface area contributed by atoms with Gasteiger partial charge in [-0.05, 0) is 28.9 Å². The molecule has 1 N–H and O–H groups in total. The van der Waals surface area contributed by atoms with Gasteiger partial charge in [0.2, 0.25) is 0 Å². The van der Waals surface area contributed by atoms with E-state index in [-0.39, 0.29) is 5.78 Å². The molecule has 3 nitrogen and oxygen atoms in total. The first-order valence-electron chi connectivity index (χ1n) is 4.43. The number of H-pyrrole nitrogens is 1. The van der Waals surface area contributed by atoms with Crippen LogP contribution >= 0.6 is 27.3 Å². The van der Waals surface area contributed by atoms with Gasteiger partial charge in [0.05, 0.1) is 23.2 Å². The van der Waals surface area contributed by atoms with Crippen LogP contribution in [0.1, 0.15) is 12.7 Å². The molecule has 2 rings (SSSR count). The van der Waals surface area contributed by atoms with Crippen LogP contribution in [0.2, 0.25) is 0 Å². The molecular formula is C10H9BrN2OS. The summed E-state index contributed by atoms with van der Waals surface area (Å²) in [6.45, 7) is 1.56. The van der Waals surface area contributed by atoms with Crippen molar-refractivity contribution in [2.24, 2.45) is 0 Å². The predicted octanol–water partition coefficient (Wildman–Crippen LogP) is 3.03. The molecule has 0 aliphatic heterocycles. The van der Waals surface area contributed by atoms with Crippen molar-refractivity contribution in [3.05, 3.63) is 27.9 Å². The zero-order valence-electron chi connectivity index (χ0n) is 8.08. The number of rotatable bonds is 3. The first kappa shape index (κ1) is 10.6. The minimum Gasteiger partial charge on any atom is -0.341 e. The maximum absolute atomic E-state index is 10.9. The highest BCUT2D eigenvalue weighted by molar-refractivity contribution is 9.10. The second-order valence-electron chi connectivity index (χ2n) is 3.25. The number of carbonyl (C=O) groups is 1. The molecule has 0 bridgehead atoms. The Labute approximate surface area is 99.7 Å². The van der Waals surface area contributed by atoms with E-state index in [1.165, 1.54) is 0 Å². The molecule has 0 saturated carbocycles. The highest BCUT2D eigenvalue weighted by Gasteiger charge is 2.06. The number of thiophene rings is 1. The summed E-state index contributed by atoms with van der Waals surface area (Å²) < 4.78 is 1.06. The summed E-state index contributed by atoms with van der Waals surface area (Å²) in [7, 11) is 0. The van der Waals surface area contributed by atoms with Crippen LogP contribution in [0, 0.1) is 0 Å². The van der Waals surface area contributed by atoms with E-state index in [1.54, 1.807) is 24.5 Å². The lowest BCUT2D eigenvalue weighted by molar-refractivity contribution is -0.116. The zero-order valence-corrected chi connectivity index (χ0v) is 10.5. The molecule has 0 aliphatic rings. The average molecular weight is 285 g/mol. The average Bonchev–Trinajstić information content (AvgIpc) is 2.72. The van der Waals surface area contributed by atoms with Crippen LogP contribution in [0.15, 0.2) is 22.1 Å². The minimum absolute atomic E-state index is 0.114. The van der Waals surface area contributed by atoms with Crippen molar-refractivity contribution in [3.63, 3.8) is 0 Å². The number of halogens is 1. The molecule has 78 valence electrons. The van der Waals surface area contributed by atoms with E-state index in [4.69, 9.17) is 0 Å². The highest BCUT2D eigenvalue weighted by atomic mass is 79.9. The largest absolute Gasteiger partial charge is 0.341 e. The van der Waals surface area contributed by atoms with E-state index in [9.17, 15) is 4.79 Å². The lowest BCUT2D eigenvalue weighted by Gasteiger charge is -1.91. The van der Waals surface area contributed by atoms with Gasteiger partial charge in [0.15, 0.2) is 0 Å². The first-order chi connectivity index (χ1) is 7.15. The minimum atomic E-state index is 0.114. The molecule has 0 radical (unpaired) electrons. The third-order valence-corrected chi connectivity index (χ3v) is 3.60. The van der Waals surface area contributed by atoms with Crippen LogP contribution in [0.25, 0.3) is 10.6 Å². The van der Waals surface area contributed by atoms with Crippen molar-refractivity contribution in [2.75, 3.05) is 0 Å². The van der Waals surface area contributed by atoms with Crippen molar-refractivity contribution in [3.8, 4) is 10.6 Å². The number of imidazole rings is 1. The molecule has 0 atom stereocenters. The predicted molar refractivity (Wildman–Crippen MR) is 64.0 cm³/mol. The highest BCUT2D eigenvalue weighted by Crippen LogP contribution is 2.28. The molecule has 0 aliphatic carbocycles. The van der Waals surface area contributed by atoms with Gasteiger partial charge < -0.3 is 4.98 Å². The lowest BCUT2D eigenvalue weighted by atomic mass is 10.3. The number of hydrogen-bond donors (Lipinski definition) is 1. The van der Waals surface area contributed by atoms with Crippen LogP contribution in [-0.4, -0.2) is 15.8 Å². The molecule has 0 fully saturated rings. The second-order valence-corrected chi connectivity index (χ2v) is 5.08. The molecule has 5 heteroatoms. The normalized spacial score (nSPS) is 10.5. The van der Waals surface area contributed by atoms with E-state index in [2.05, 4.69) is 25.9 Å². The number of aromatic amines is 1. The number of nitrogens with zero attached hydrogens (tertiary/aromatic N) is 1. The Balaban J connectivity index is 2.23. The molecule has 0 aromatic carbocycles. The number of ketones is 1. The van der Waals surface area contributed by atoms with Crippen LogP contribution in [0.5, 0.6) is 0 Å². The zero-order chi connectivity index (χ0) is 10.8. The number of carbonyl (C=O) groups excluding carboxylic acids is 1. The van der Waals surface area contributed by atoms with Gasteiger partial charge in [0.25, 0.3) is 0 Å². The van der Waals surface area contributed by atoms with Gasteiger partial charge in [-0.2, -0.15) is 0 Å². The summed E-state index contributed by atoms with van der Waals surface area (Å²) >= 11 is 5.03. The van der Waals surface area contributed by atoms with Gasteiger partial charge in [-0.15, -0.1) is 11.3 Å². The summed E-state index contributed by atoms with van der Waals surface area (Å²) in [4.78, 5) is 19.3. The maximum atomic E-state index is 10.9. The van der Waals surface area contributed by atoms with Crippen molar-refractivity contribution in [1.29, 1.82) is 0 Å². The third kappa shape index (κ3) is 2.54. The SMILES string of the molecule is CC(=O)Cc1ncc(-c2cc(Br)cs2)[nH]1. The second kappa shape index (κ2) is 4.28. The van der Waals surface area contributed by atoms with Gasteiger partial charge in [0, 0.05) is 9.85 Å². The Morgan fingerprint density at radius 2 is 2.47 bits per heavy atom. The van der Waals surface area contributed by atoms with E-state index in [0.29, 0.717) is 6.42 Å². The van der Waals surface area contributed by atoms with Crippen LogP contribution < -0.4 is 0 Å². The Bertz CT molecular complexity index is 489. The van der Waals surface area contributed by atoms with Crippen molar-refractivity contribution >= 4 is 33.0 Å². The number of Topliss-reactive ketones (excluding diaryl/α,β-unsaturated/α-hetero) is 1. The van der Waals surface area contributed by atoms with Crippen LogP contribution in [-0.2, 0) is 11.2 Å². The fraction of sp³-hybridized carbons (Fsp3) is 0.200. The standard InChI is InChI=1S/C10H9BrN2OS/c1-6(14)2-10-12-4-8(13-10)9-3-7(11)5-15-9/h3-5H,2H2,1H3,(H,12,13). The summed E-state index contributed by atoms with van der Waals surface area (Å²) in [5.74, 6) is 0.838. The van der Waals surface area contributed by atoms with Crippen molar-refractivity contribution < 1.29 is 4.79 Å². The topological polar surface area (TPSA) is 45.8 Å². The number of aromatic nitrogens is 2. The van der Waals surface area contributed by atoms with E-state index in [0.717, 1.165) is 20.9 Å². The number of nitrogens with one attached hydrogen (secondary N) is 1. The smallest absolute Gasteiger partial charge is 0.137 e. The molecule has 2 heterocycles.